The number of carbonyl (C=O) groups excluding carboxylic acids is 1. The van der Waals surface area contributed by atoms with Crippen LogP contribution in [0.25, 0.3) is 22.3 Å². The third-order valence-electron chi connectivity index (χ3n) is 3.72. The highest BCUT2D eigenvalue weighted by molar-refractivity contribution is 6.05. The monoisotopic (exact) mass is 307 g/mol. The van der Waals surface area contributed by atoms with E-state index < -0.39 is 0 Å². The van der Waals surface area contributed by atoms with Gasteiger partial charge in [0.1, 0.15) is 11.4 Å². The van der Waals surface area contributed by atoms with Gasteiger partial charge in [0.15, 0.2) is 5.82 Å². The number of carbonyl (C=O) groups is 1. The van der Waals surface area contributed by atoms with Crippen LogP contribution in [-0.4, -0.2) is 30.0 Å². The first-order valence-electron chi connectivity index (χ1n) is 7.28. The number of rotatable bonds is 3. The number of nitrogens with one attached hydrogen (secondary N) is 1. The Morgan fingerprint density at radius 2 is 1.83 bits per heavy atom. The maximum Gasteiger partial charge on any atom is 0.270 e. The van der Waals surface area contributed by atoms with Gasteiger partial charge in [0.2, 0.25) is 0 Å². The molecule has 0 saturated carbocycles. The molecule has 0 fully saturated rings. The number of ether oxygens (including phenoxy) is 1. The highest BCUT2D eigenvalue weighted by Gasteiger charge is 2.15. The lowest BCUT2D eigenvalue weighted by Gasteiger charge is -2.10. The molecular formula is C18H17N3O2. The van der Waals surface area contributed by atoms with Crippen molar-refractivity contribution in [3.05, 3.63) is 53.7 Å². The van der Waals surface area contributed by atoms with Gasteiger partial charge in [-0.05, 0) is 36.8 Å². The molecule has 116 valence electrons. The van der Waals surface area contributed by atoms with E-state index in [1.165, 1.54) is 0 Å². The summed E-state index contributed by atoms with van der Waals surface area (Å²) < 4.78 is 5.17. The van der Waals surface area contributed by atoms with Crippen LogP contribution in [0.3, 0.4) is 0 Å². The van der Waals surface area contributed by atoms with Gasteiger partial charge >= 0.3 is 0 Å². The number of benzene rings is 2. The first-order valence-corrected chi connectivity index (χ1v) is 7.28. The Bertz CT molecular complexity index is 873. The molecule has 0 atom stereocenters. The average molecular weight is 307 g/mol. The molecule has 0 radical (unpaired) electrons. The summed E-state index contributed by atoms with van der Waals surface area (Å²) in [6.07, 6.45) is 0. The zero-order chi connectivity index (χ0) is 16.4. The fraction of sp³-hybridized carbons (Fsp3) is 0.167. The van der Waals surface area contributed by atoms with Crippen molar-refractivity contribution >= 4 is 16.8 Å². The summed E-state index contributed by atoms with van der Waals surface area (Å²) in [5.74, 6) is 1.06. The van der Waals surface area contributed by atoms with Crippen molar-refractivity contribution < 1.29 is 9.53 Å². The van der Waals surface area contributed by atoms with Crippen molar-refractivity contribution in [2.24, 2.45) is 0 Å². The van der Waals surface area contributed by atoms with E-state index in [0.717, 1.165) is 27.8 Å². The van der Waals surface area contributed by atoms with Crippen molar-refractivity contribution in [2.75, 3.05) is 14.2 Å². The fourth-order valence-electron chi connectivity index (χ4n) is 2.46. The van der Waals surface area contributed by atoms with Gasteiger partial charge in [-0.1, -0.05) is 18.2 Å². The van der Waals surface area contributed by atoms with Crippen LogP contribution in [-0.2, 0) is 0 Å². The van der Waals surface area contributed by atoms with Crippen LogP contribution in [0.5, 0.6) is 5.75 Å². The SMILES string of the molecule is CNC(=O)c1nc(-c2ccc(OC)cc2)nc2c(C)cccc12. The molecule has 3 rings (SSSR count). The van der Waals surface area contributed by atoms with E-state index in [2.05, 4.69) is 15.3 Å². The second-order valence-electron chi connectivity index (χ2n) is 5.17. The quantitative estimate of drug-likeness (QED) is 0.808. The molecule has 0 aliphatic rings. The summed E-state index contributed by atoms with van der Waals surface area (Å²) in [5.41, 5.74) is 3.00. The molecule has 1 aromatic heterocycles. The van der Waals surface area contributed by atoms with Gasteiger partial charge in [0.25, 0.3) is 5.91 Å². The lowest BCUT2D eigenvalue weighted by Crippen LogP contribution is -2.20. The minimum atomic E-state index is -0.224. The molecule has 0 bridgehead atoms. The lowest BCUT2D eigenvalue weighted by molar-refractivity contribution is 0.0960. The Morgan fingerprint density at radius 1 is 1.09 bits per heavy atom. The maximum atomic E-state index is 12.2. The van der Waals surface area contributed by atoms with E-state index >= 15 is 0 Å². The number of aryl methyl sites for hydroxylation is 1. The largest absolute Gasteiger partial charge is 0.497 e. The minimum Gasteiger partial charge on any atom is -0.497 e. The van der Waals surface area contributed by atoms with Gasteiger partial charge in [0, 0.05) is 18.0 Å². The molecule has 0 aliphatic carbocycles. The third-order valence-corrected chi connectivity index (χ3v) is 3.72. The molecule has 0 unspecified atom stereocenters. The van der Waals surface area contributed by atoms with Crippen LogP contribution in [0.1, 0.15) is 16.1 Å². The Hall–Kier alpha value is -2.95. The third kappa shape index (κ3) is 2.73. The van der Waals surface area contributed by atoms with Gasteiger partial charge in [-0.3, -0.25) is 4.79 Å². The Labute approximate surface area is 134 Å². The van der Waals surface area contributed by atoms with Crippen molar-refractivity contribution in [3.8, 4) is 17.1 Å². The second kappa shape index (κ2) is 6.04. The van der Waals surface area contributed by atoms with Crippen LogP contribution in [0, 0.1) is 6.92 Å². The first kappa shape index (κ1) is 15.0. The molecule has 3 aromatic rings. The number of aromatic nitrogens is 2. The number of amides is 1. The molecule has 0 spiro atoms. The summed E-state index contributed by atoms with van der Waals surface area (Å²) in [6.45, 7) is 1.97. The van der Waals surface area contributed by atoms with Crippen molar-refractivity contribution in [3.63, 3.8) is 0 Å². The smallest absolute Gasteiger partial charge is 0.270 e. The number of nitrogens with zero attached hydrogens (tertiary/aromatic N) is 2. The molecule has 1 N–H and O–H groups in total. The van der Waals surface area contributed by atoms with Gasteiger partial charge < -0.3 is 10.1 Å². The van der Waals surface area contributed by atoms with Gasteiger partial charge in [0.05, 0.1) is 12.6 Å². The van der Waals surface area contributed by atoms with Gasteiger partial charge in [-0.15, -0.1) is 0 Å². The molecule has 23 heavy (non-hydrogen) atoms. The number of hydrogen-bond donors (Lipinski definition) is 1. The van der Waals surface area contributed by atoms with Crippen LogP contribution < -0.4 is 10.1 Å². The Balaban J connectivity index is 2.24. The average Bonchev–Trinajstić information content (AvgIpc) is 2.61. The van der Waals surface area contributed by atoms with Crippen LogP contribution in [0.2, 0.25) is 0 Å². The Morgan fingerprint density at radius 3 is 2.48 bits per heavy atom. The van der Waals surface area contributed by atoms with E-state index in [-0.39, 0.29) is 5.91 Å². The summed E-state index contributed by atoms with van der Waals surface area (Å²) in [4.78, 5) is 21.3. The number of hydrogen-bond acceptors (Lipinski definition) is 4. The molecule has 0 aliphatic heterocycles. The zero-order valence-corrected chi connectivity index (χ0v) is 13.3. The summed E-state index contributed by atoms with van der Waals surface area (Å²) >= 11 is 0. The zero-order valence-electron chi connectivity index (χ0n) is 13.3. The van der Waals surface area contributed by atoms with E-state index in [4.69, 9.17) is 4.74 Å². The van der Waals surface area contributed by atoms with E-state index in [0.29, 0.717) is 11.5 Å². The number of fused-ring (bicyclic) bond motifs is 1. The first-order chi connectivity index (χ1) is 11.1. The van der Waals surface area contributed by atoms with Crippen molar-refractivity contribution in [1.29, 1.82) is 0 Å². The lowest BCUT2D eigenvalue weighted by atomic mass is 10.1. The summed E-state index contributed by atoms with van der Waals surface area (Å²) in [5, 5.41) is 3.39. The fourth-order valence-corrected chi connectivity index (χ4v) is 2.46. The van der Waals surface area contributed by atoms with Gasteiger partial charge in [-0.2, -0.15) is 0 Å². The van der Waals surface area contributed by atoms with E-state index in [1.807, 2.05) is 49.4 Å². The summed E-state index contributed by atoms with van der Waals surface area (Å²) in [6, 6.07) is 13.2. The number of methoxy groups -OCH3 is 1. The molecule has 1 amide bonds. The normalized spacial score (nSPS) is 10.6. The van der Waals surface area contributed by atoms with Crippen LogP contribution >= 0.6 is 0 Å². The summed E-state index contributed by atoms with van der Waals surface area (Å²) in [7, 11) is 3.22. The van der Waals surface area contributed by atoms with Gasteiger partial charge in [-0.25, -0.2) is 9.97 Å². The predicted molar refractivity (Wildman–Crippen MR) is 89.7 cm³/mol. The van der Waals surface area contributed by atoms with Crippen LogP contribution in [0.15, 0.2) is 42.5 Å². The topological polar surface area (TPSA) is 64.1 Å². The molecule has 5 heteroatoms. The van der Waals surface area contributed by atoms with Crippen molar-refractivity contribution in [2.45, 2.75) is 6.92 Å². The van der Waals surface area contributed by atoms with E-state index in [9.17, 15) is 4.79 Å². The molecule has 1 heterocycles. The maximum absolute atomic E-state index is 12.2. The highest BCUT2D eigenvalue weighted by Crippen LogP contribution is 2.25. The number of para-hydroxylation sites is 1. The van der Waals surface area contributed by atoms with Crippen molar-refractivity contribution in [1.82, 2.24) is 15.3 Å². The minimum absolute atomic E-state index is 0.224. The highest BCUT2D eigenvalue weighted by atomic mass is 16.5. The molecule has 5 nitrogen and oxygen atoms in total. The molecule has 2 aromatic carbocycles. The van der Waals surface area contributed by atoms with E-state index in [1.54, 1.807) is 14.2 Å². The second-order valence-corrected chi connectivity index (χ2v) is 5.17. The predicted octanol–water partition coefficient (Wildman–Crippen LogP) is 2.97. The van der Waals surface area contributed by atoms with Crippen LogP contribution in [0.4, 0.5) is 0 Å². The Kier molecular flexibility index (Phi) is 3.93. The standard InChI is InChI=1S/C18H17N3O2/c1-11-5-4-6-14-15(11)20-17(21-16(14)18(22)19-2)12-7-9-13(23-3)10-8-12/h4-10H,1-3H3,(H,19,22). The molecule has 0 saturated heterocycles. The molecular weight excluding hydrogens is 290 g/mol.